The maximum absolute atomic E-state index is 5.31. The van der Waals surface area contributed by atoms with Gasteiger partial charge in [0.15, 0.2) is 0 Å². The van der Waals surface area contributed by atoms with Crippen molar-refractivity contribution in [3.8, 4) is 0 Å². The predicted molar refractivity (Wildman–Crippen MR) is 31.5 cm³/mol. The molecule has 0 saturated carbocycles. The number of nitrogens with one attached hydrogen (secondary N) is 1. The molecule has 0 amide bonds. The average Bonchev–Trinajstić information content (AvgIpc) is 1.65. The highest BCUT2D eigenvalue weighted by Crippen LogP contribution is 1.81. The first-order chi connectivity index (χ1) is 3.18. The highest BCUT2D eigenvalue weighted by atomic mass is 14.9. The summed E-state index contributed by atoms with van der Waals surface area (Å²) in [6.07, 6.45) is 0. The van der Waals surface area contributed by atoms with E-state index in [0.717, 1.165) is 0 Å². The summed E-state index contributed by atoms with van der Waals surface area (Å²) in [5.41, 5.74) is 5.31. The van der Waals surface area contributed by atoms with Crippen molar-refractivity contribution in [3.63, 3.8) is 0 Å². The summed E-state index contributed by atoms with van der Waals surface area (Å²) >= 11 is 0. The molecule has 0 saturated heterocycles. The van der Waals surface area contributed by atoms with Gasteiger partial charge in [-0.2, -0.15) is 0 Å². The molecule has 0 aliphatic carbocycles. The molecule has 2 unspecified atom stereocenters. The second-order valence-corrected chi connectivity index (χ2v) is 1.56. The summed E-state index contributed by atoms with van der Waals surface area (Å²) in [6, 6.07) is -0.0370. The van der Waals surface area contributed by atoms with Crippen LogP contribution in [0.25, 0.3) is 0 Å². The molecule has 0 heterocycles. The van der Waals surface area contributed by atoms with Gasteiger partial charge in [0.05, 0.1) is 0 Å². The van der Waals surface area contributed by atoms with Gasteiger partial charge in [0.1, 0.15) is 0 Å². The second-order valence-electron chi connectivity index (χ2n) is 1.56. The van der Waals surface area contributed by atoms with Crippen LogP contribution < -0.4 is 11.1 Å². The van der Waals surface area contributed by atoms with Crippen molar-refractivity contribution in [2.24, 2.45) is 5.73 Å². The lowest BCUT2D eigenvalue weighted by Gasteiger charge is -2.12. The fourth-order valence-electron chi connectivity index (χ4n) is 0.214. The fraction of sp³-hybridized carbons (Fsp3) is 0.600. The van der Waals surface area contributed by atoms with Gasteiger partial charge < -0.3 is 11.1 Å². The Balaban J connectivity index is 3.14. The standard InChI is InChI=1S/C5H12N2/c1-4(6)5(2)7-3/h4-5,7H,1-2,6H2,3H3. The van der Waals surface area contributed by atoms with Gasteiger partial charge in [-0.25, -0.2) is 0 Å². The molecule has 0 bridgehead atoms. The molecule has 0 aliphatic heterocycles. The van der Waals surface area contributed by atoms with Crippen LogP contribution in [0.4, 0.5) is 0 Å². The van der Waals surface area contributed by atoms with Crippen molar-refractivity contribution < 1.29 is 0 Å². The van der Waals surface area contributed by atoms with Gasteiger partial charge in [0.2, 0.25) is 0 Å². The van der Waals surface area contributed by atoms with Crippen LogP contribution >= 0.6 is 0 Å². The number of hydrogen-bond acceptors (Lipinski definition) is 2. The molecule has 2 radical (unpaired) electrons. The number of rotatable bonds is 2. The summed E-state index contributed by atoms with van der Waals surface area (Å²) in [4.78, 5) is 0. The van der Waals surface area contributed by atoms with Crippen LogP contribution in [0.2, 0.25) is 0 Å². The van der Waals surface area contributed by atoms with Gasteiger partial charge in [-0.05, 0) is 20.9 Å². The first-order valence-electron chi connectivity index (χ1n) is 2.27. The molecule has 0 aliphatic rings. The minimum atomic E-state index is -0.106. The van der Waals surface area contributed by atoms with Gasteiger partial charge in [-0.1, -0.05) is 0 Å². The van der Waals surface area contributed by atoms with E-state index in [4.69, 9.17) is 5.73 Å². The lowest BCUT2D eigenvalue weighted by Crippen LogP contribution is -2.39. The van der Waals surface area contributed by atoms with E-state index in [9.17, 15) is 0 Å². The monoisotopic (exact) mass is 100 g/mol. The van der Waals surface area contributed by atoms with Gasteiger partial charge in [0, 0.05) is 12.1 Å². The van der Waals surface area contributed by atoms with Gasteiger partial charge in [-0.15, -0.1) is 0 Å². The molecule has 7 heavy (non-hydrogen) atoms. The molecule has 42 valence electrons. The molecule has 2 atom stereocenters. The molecular formula is C5H12N2. The van der Waals surface area contributed by atoms with Gasteiger partial charge in [0.25, 0.3) is 0 Å². The van der Waals surface area contributed by atoms with E-state index in [2.05, 4.69) is 19.2 Å². The maximum atomic E-state index is 5.31. The Labute approximate surface area is 45.1 Å². The topological polar surface area (TPSA) is 38.0 Å². The molecule has 0 aromatic rings. The van der Waals surface area contributed by atoms with Crippen LogP contribution in [0.1, 0.15) is 0 Å². The number of likely N-dealkylation sites (N-methyl/N-ethyl adjacent to an activating group) is 1. The zero-order chi connectivity index (χ0) is 5.86. The molecule has 3 N–H and O–H groups in total. The van der Waals surface area contributed by atoms with E-state index in [1.807, 2.05) is 7.05 Å². The van der Waals surface area contributed by atoms with Crippen LogP contribution in [0.5, 0.6) is 0 Å². The normalized spacial score (nSPS) is 18.9. The Morgan fingerprint density at radius 3 is 2.00 bits per heavy atom. The molecular weight excluding hydrogens is 88.1 g/mol. The maximum Gasteiger partial charge on any atom is 0.0216 e. The summed E-state index contributed by atoms with van der Waals surface area (Å²) in [5, 5.41) is 2.87. The highest BCUT2D eigenvalue weighted by Gasteiger charge is 2.01. The van der Waals surface area contributed by atoms with Crippen molar-refractivity contribution in [1.29, 1.82) is 0 Å². The highest BCUT2D eigenvalue weighted by molar-refractivity contribution is 4.81. The van der Waals surface area contributed by atoms with E-state index in [-0.39, 0.29) is 12.1 Å². The predicted octanol–water partition coefficient (Wildman–Crippen LogP) is -0.430. The van der Waals surface area contributed by atoms with Crippen LogP contribution in [-0.4, -0.2) is 19.1 Å². The summed E-state index contributed by atoms with van der Waals surface area (Å²) < 4.78 is 0. The summed E-state index contributed by atoms with van der Waals surface area (Å²) in [7, 11) is 1.81. The lowest BCUT2D eigenvalue weighted by molar-refractivity contribution is 0.595. The lowest BCUT2D eigenvalue weighted by atomic mass is 10.2. The molecule has 0 spiro atoms. The molecule has 0 rings (SSSR count). The zero-order valence-corrected chi connectivity index (χ0v) is 4.65. The Morgan fingerprint density at radius 2 is 2.00 bits per heavy atom. The molecule has 0 aromatic carbocycles. The Bertz CT molecular complexity index is 43.3. The fourth-order valence-corrected chi connectivity index (χ4v) is 0.214. The van der Waals surface area contributed by atoms with Crippen molar-refractivity contribution in [1.82, 2.24) is 5.32 Å². The third-order valence-corrected chi connectivity index (χ3v) is 0.888. The number of hydrogen-bond donors (Lipinski definition) is 2. The quantitative estimate of drug-likeness (QED) is 0.494. The van der Waals surface area contributed by atoms with Crippen molar-refractivity contribution in [2.45, 2.75) is 12.1 Å². The third-order valence-electron chi connectivity index (χ3n) is 0.888. The van der Waals surface area contributed by atoms with Gasteiger partial charge >= 0.3 is 0 Å². The van der Waals surface area contributed by atoms with E-state index < -0.39 is 0 Å². The van der Waals surface area contributed by atoms with E-state index >= 15 is 0 Å². The molecule has 0 aromatic heterocycles. The first kappa shape index (κ1) is 6.92. The van der Waals surface area contributed by atoms with Crippen LogP contribution in [0.3, 0.4) is 0 Å². The van der Waals surface area contributed by atoms with Gasteiger partial charge in [-0.3, -0.25) is 0 Å². The molecule has 0 fully saturated rings. The zero-order valence-electron chi connectivity index (χ0n) is 4.65. The average molecular weight is 100 g/mol. The number of nitrogens with two attached hydrogens (primary N) is 1. The second kappa shape index (κ2) is 2.99. The Kier molecular flexibility index (Phi) is 2.96. The first-order valence-corrected chi connectivity index (χ1v) is 2.27. The summed E-state index contributed by atoms with van der Waals surface area (Å²) in [6.45, 7) is 7.22. The third kappa shape index (κ3) is 2.60. The van der Waals surface area contributed by atoms with Crippen LogP contribution in [0.15, 0.2) is 0 Å². The van der Waals surface area contributed by atoms with Crippen molar-refractivity contribution in [2.75, 3.05) is 7.05 Å². The smallest absolute Gasteiger partial charge is 0.0216 e. The minimum absolute atomic E-state index is 0.0694. The van der Waals surface area contributed by atoms with Crippen molar-refractivity contribution >= 4 is 0 Å². The molecule has 2 heteroatoms. The van der Waals surface area contributed by atoms with Crippen molar-refractivity contribution in [3.05, 3.63) is 13.8 Å². The Morgan fingerprint density at radius 1 is 1.57 bits per heavy atom. The minimum Gasteiger partial charge on any atom is -0.326 e. The Hall–Kier alpha value is -0.0800. The van der Waals surface area contributed by atoms with Crippen LogP contribution in [0, 0.1) is 13.8 Å². The van der Waals surface area contributed by atoms with E-state index in [1.165, 1.54) is 0 Å². The largest absolute Gasteiger partial charge is 0.326 e. The SMILES string of the molecule is [CH2]C(N)C([CH2])NC. The van der Waals surface area contributed by atoms with Crippen LogP contribution in [-0.2, 0) is 0 Å². The summed E-state index contributed by atoms with van der Waals surface area (Å²) in [5.74, 6) is 0. The molecule has 2 nitrogen and oxygen atoms in total. The van der Waals surface area contributed by atoms with E-state index in [1.54, 1.807) is 0 Å². The van der Waals surface area contributed by atoms with E-state index in [0.29, 0.717) is 0 Å².